The molecule has 0 spiro atoms. The molecule has 1 aromatic heterocycles. The summed E-state index contributed by atoms with van der Waals surface area (Å²) < 4.78 is 7.58. The first-order valence-corrected chi connectivity index (χ1v) is 11.3. The molecule has 2 aliphatic rings. The molecule has 4 rings (SSSR count). The molecule has 7 nitrogen and oxygen atoms in total. The van der Waals surface area contributed by atoms with Gasteiger partial charge in [0.05, 0.1) is 6.04 Å². The highest BCUT2D eigenvalue weighted by atomic mass is 16.5. The summed E-state index contributed by atoms with van der Waals surface area (Å²) in [4.78, 5) is 15.1. The van der Waals surface area contributed by atoms with Crippen LogP contribution in [0.4, 0.5) is 0 Å². The lowest BCUT2D eigenvalue weighted by Crippen LogP contribution is -2.37. The zero-order valence-corrected chi connectivity index (χ0v) is 17.9. The number of ether oxygens (including phenoxy) is 1. The fourth-order valence-electron chi connectivity index (χ4n) is 4.44. The van der Waals surface area contributed by atoms with Gasteiger partial charge in [-0.1, -0.05) is 30.3 Å². The van der Waals surface area contributed by atoms with E-state index < -0.39 is 0 Å². The second-order valence-electron chi connectivity index (χ2n) is 8.42. The Morgan fingerprint density at radius 1 is 1.17 bits per heavy atom. The fourth-order valence-corrected chi connectivity index (χ4v) is 4.44. The van der Waals surface area contributed by atoms with Crippen LogP contribution >= 0.6 is 0 Å². The number of hydrogen-bond donors (Lipinski definition) is 1. The summed E-state index contributed by atoms with van der Waals surface area (Å²) in [5.74, 6) is 2.06. The highest BCUT2D eigenvalue weighted by molar-refractivity contribution is 5.79. The standard InChI is InChI=1S/C23H33N5O2/c1-18(24-23(29)20-10-16-30-17-11-20)22-26-25-21-9-13-27(14-15-28(21)22)12-5-8-19-6-3-2-4-7-19/h2-4,6-7,18,20H,5,8-17H2,1H3,(H,24,29). The summed E-state index contributed by atoms with van der Waals surface area (Å²) in [6, 6.07) is 10.6. The van der Waals surface area contributed by atoms with Crippen LogP contribution in [0, 0.1) is 5.92 Å². The summed E-state index contributed by atoms with van der Waals surface area (Å²) in [6.45, 7) is 7.33. The van der Waals surface area contributed by atoms with E-state index in [0.717, 1.165) is 69.9 Å². The van der Waals surface area contributed by atoms with Gasteiger partial charge >= 0.3 is 0 Å². The Balaban J connectivity index is 1.29. The number of nitrogens with zero attached hydrogens (tertiary/aromatic N) is 4. The highest BCUT2D eigenvalue weighted by Gasteiger charge is 2.26. The molecule has 162 valence electrons. The number of fused-ring (bicyclic) bond motifs is 1. The zero-order chi connectivity index (χ0) is 20.8. The van der Waals surface area contributed by atoms with Crippen LogP contribution in [-0.2, 0) is 28.9 Å². The molecule has 7 heteroatoms. The van der Waals surface area contributed by atoms with Crippen LogP contribution in [0.15, 0.2) is 30.3 Å². The number of rotatable bonds is 7. The summed E-state index contributed by atoms with van der Waals surface area (Å²) >= 11 is 0. The van der Waals surface area contributed by atoms with E-state index in [1.54, 1.807) is 0 Å². The molecular formula is C23H33N5O2. The van der Waals surface area contributed by atoms with Crippen LogP contribution in [0.5, 0.6) is 0 Å². The van der Waals surface area contributed by atoms with E-state index in [9.17, 15) is 4.79 Å². The summed E-state index contributed by atoms with van der Waals surface area (Å²) in [5, 5.41) is 12.0. The number of aromatic nitrogens is 3. The molecular weight excluding hydrogens is 378 g/mol. The van der Waals surface area contributed by atoms with Gasteiger partial charge in [-0.25, -0.2) is 0 Å². The topological polar surface area (TPSA) is 72.3 Å². The number of amides is 1. The van der Waals surface area contributed by atoms with Crippen LogP contribution in [0.3, 0.4) is 0 Å². The third-order valence-electron chi connectivity index (χ3n) is 6.27. The molecule has 3 heterocycles. The van der Waals surface area contributed by atoms with Crippen molar-refractivity contribution < 1.29 is 9.53 Å². The summed E-state index contributed by atoms with van der Waals surface area (Å²) in [5.41, 5.74) is 1.40. The van der Waals surface area contributed by atoms with Gasteiger partial charge in [0.2, 0.25) is 5.91 Å². The van der Waals surface area contributed by atoms with Crippen molar-refractivity contribution in [3.63, 3.8) is 0 Å². The first-order valence-electron chi connectivity index (χ1n) is 11.3. The van der Waals surface area contributed by atoms with E-state index in [1.165, 1.54) is 5.56 Å². The van der Waals surface area contributed by atoms with E-state index >= 15 is 0 Å². The van der Waals surface area contributed by atoms with Gasteiger partial charge in [-0.3, -0.25) is 4.79 Å². The van der Waals surface area contributed by atoms with Crippen molar-refractivity contribution in [1.82, 2.24) is 25.0 Å². The Bertz CT molecular complexity index is 816. The molecule has 0 saturated carbocycles. The maximum absolute atomic E-state index is 12.6. The van der Waals surface area contributed by atoms with E-state index in [1.807, 2.05) is 6.92 Å². The SMILES string of the molecule is CC(NC(=O)C1CCOCC1)c1nnc2n1CCN(CCCc1ccccc1)CC2. The minimum absolute atomic E-state index is 0.0489. The Morgan fingerprint density at radius 3 is 2.77 bits per heavy atom. The van der Waals surface area contributed by atoms with E-state index in [4.69, 9.17) is 4.74 Å². The predicted octanol–water partition coefficient (Wildman–Crippen LogP) is 2.37. The lowest BCUT2D eigenvalue weighted by atomic mass is 9.99. The molecule has 1 atom stereocenters. The number of hydrogen-bond acceptors (Lipinski definition) is 5. The van der Waals surface area contributed by atoms with E-state index in [2.05, 4.69) is 55.3 Å². The molecule has 1 fully saturated rings. The molecule has 2 aromatic rings. The van der Waals surface area contributed by atoms with Crippen LogP contribution in [-0.4, -0.2) is 58.4 Å². The van der Waals surface area contributed by atoms with Gasteiger partial charge in [-0.15, -0.1) is 10.2 Å². The molecule has 1 N–H and O–H groups in total. The Morgan fingerprint density at radius 2 is 1.97 bits per heavy atom. The quantitative estimate of drug-likeness (QED) is 0.757. The number of carbonyl (C=O) groups excluding carboxylic acids is 1. The molecule has 30 heavy (non-hydrogen) atoms. The Labute approximate surface area is 178 Å². The lowest BCUT2D eigenvalue weighted by molar-refractivity contribution is -0.128. The van der Waals surface area contributed by atoms with E-state index in [-0.39, 0.29) is 17.9 Å². The van der Waals surface area contributed by atoms with Gasteiger partial charge in [0.1, 0.15) is 5.82 Å². The van der Waals surface area contributed by atoms with Crippen molar-refractivity contribution in [3.05, 3.63) is 47.5 Å². The highest BCUT2D eigenvalue weighted by Crippen LogP contribution is 2.19. The zero-order valence-electron chi connectivity index (χ0n) is 17.9. The first kappa shape index (κ1) is 21.0. The van der Waals surface area contributed by atoms with Crippen LogP contribution in [0.25, 0.3) is 0 Å². The third-order valence-corrected chi connectivity index (χ3v) is 6.27. The predicted molar refractivity (Wildman–Crippen MR) is 115 cm³/mol. The smallest absolute Gasteiger partial charge is 0.223 e. The van der Waals surface area contributed by atoms with Crippen molar-refractivity contribution in [2.75, 3.05) is 32.8 Å². The molecule has 0 bridgehead atoms. The maximum Gasteiger partial charge on any atom is 0.223 e. The van der Waals surface area contributed by atoms with Gasteiger partial charge in [-0.2, -0.15) is 0 Å². The number of carbonyl (C=O) groups is 1. The third kappa shape index (κ3) is 5.26. The fraction of sp³-hybridized carbons (Fsp3) is 0.609. The first-order chi connectivity index (χ1) is 14.7. The average Bonchev–Trinajstić information content (AvgIpc) is 3.09. The van der Waals surface area contributed by atoms with Gasteiger partial charge in [0.25, 0.3) is 0 Å². The van der Waals surface area contributed by atoms with Crippen molar-refractivity contribution in [2.24, 2.45) is 5.92 Å². The van der Waals surface area contributed by atoms with Gasteiger partial charge in [0, 0.05) is 45.2 Å². The van der Waals surface area contributed by atoms with Crippen LogP contribution < -0.4 is 5.32 Å². The van der Waals surface area contributed by atoms with Gasteiger partial charge in [0.15, 0.2) is 5.82 Å². The Hall–Kier alpha value is -2.25. The maximum atomic E-state index is 12.6. The number of aryl methyl sites for hydroxylation is 1. The van der Waals surface area contributed by atoms with Gasteiger partial charge in [-0.05, 0) is 44.7 Å². The molecule has 1 aromatic carbocycles. The van der Waals surface area contributed by atoms with Crippen LogP contribution in [0.2, 0.25) is 0 Å². The molecule has 1 saturated heterocycles. The molecule has 0 radical (unpaired) electrons. The molecule has 1 amide bonds. The van der Waals surface area contributed by atoms with Crippen molar-refractivity contribution in [1.29, 1.82) is 0 Å². The second-order valence-corrected chi connectivity index (χ2v) is 8.42. The van der Waals surface area contributed by atoms with Crippen molar-refractivity contribution >= 4 is 5.91 Å². The molecule has 1 unspecified atom stereocenters. The van der Waals surface area contributed by atoms with E-state index in [0.29, 0.717) is 13.2 Å². The largest absolute Gasteiger partial charge is 0.381 e. The second kappa shape index (κ2) is 10.2. The molecule has 2 aliphatic heterocycles. The number of benzene rings is 1. The average molecular weight is 412 g/mol. The Kier molecular flexibility index (Phi) is 7.12. The summed E-state index contributed by atoms with van der Waals surface area (Å²) in [6.07, 6.45) is 4.78. The minimum Gasteiger partial charge on any atom is -0.381 e. The molecule has 0 aliphatic carbocycles. The van der Waals surface area contributed by atoms with Crippen molar-refractivity contribution in [2.45, 2.75) is 51.6 Å². The summed E-state index contributed by atoms with van der Waals surface area (Å²) in [7, 11) is 0. The minimum atomic E-state index is -0.133. The van der Waals surface area contributed by atoms with Crippen LogP contribution in [0.1, 0.15) is 49.4 Å². The van der Waals surface area contributed by atoms with Crippen molar-refractivity contribution in [3.8, 4) is 0 Å². The lowest BCUT2D eigenvalue weighted by Gasteiger charge is -2.23. The number of nitrogens with one attached hydrogen (secondary N) is 1. The normalized spacial score (nSPS) is 19.1. The monoisotopic (exact) mass is 411 g/mol. The van der Waals surface area contributed by atoms with Gasteiger partial charge < -0.3 is 19.5 Å².